The van der Waals surface area contributed by atoms with Gasteiger partial charge in [-0.05, 0) is 56.0 Å². The summed E-state index contributed by atoms with van der Waals surface area (Å²) in [5, 5.41) is 0. The first-order valence-electron chi connectivity index (χ1n) is 9.00. The predicted octanol–water partition coefficient (Wildman–Crippen LogP) is 4.51. The van der Waals surface area contributed by atoms with Crippen LogP contribution in [0.3, 0.4) is 0 Å². The minimum absolute atomic E-state index is 0.0898. The first-order chi connectivity index (χ1) is 12.7. The molecule has 1 atom stereocenters. The number of hydrogen-bond donors (Lipinski definition) is 0. The third kappa shape index (κ3) is 3.52. The Kier molecular flexibility index (Phi) is 4.92. The molecule has 0 amide bonds. The molecule has 1 aliphatic heterocycles. The van der Waals surface area contributed by atoms with Crippen molar-refractivity contribution in [2.24, 2.45) is 0 Å². The lowest BCUT2D eigenvalue weighted by atomic mass is 9.90. The smallest absolute Gasteiger partial charge is 0.308 e. The molecule has 0 saturated carbocycles. The van der Waals surface area contributed by atoms with Gasteiger partial charge in [-0.15, -0.1) is 0 Å². The number of ketones is 1. The van der Waals surface area contributed by atoms with E-state index in [0.29, 0.717) is 12.2 Å². The summed E-state index contributed by atoms with van der Waals surface area (Å²) in [5.41, 5.74) is 3.54. The summed E-state index contributed by atoms with van der Waals surface area (Å²) in [4.78, 5) is 24.3. The molecular weight excluding hydrogens is 340 g/mol. The van der Waals surface area contributed by atoms with Crippen LogP contribution in [0.1, 0.15) is 41.7 Å². The second kappa shape index (κ2) is 7.03. The van der Waals surface area contributed by atoms with Gasteiger partial charge in [-0.25, -0.2) is 0 Å². The molecule has 140 valence electrons. The van der Waals surface area contributed by atoms with E-state index in [2.05, 4.69) is 0 Å². The van der Waals surface area contributed by atoms with E-state index in [4.69, 9.17) is 9.47 Å². The molecule has 0 radical (unpaired) electrons. The zero-order chi connectivity index (χ0) is 19.8. The number of ether oxygens (including phenoxy) is 2. The first kappa shape index (κ1) is 18.9. The van der Waals surface area contributed by atoms with Crippen LogP contribution < -0.4 is 9.47 Å². The Labute approximate surface area is 159 Å². The summed E-state index contributed by atoms with van der Waals surface area (Å²) >= 11 is 0. The standard InChI is InChI=1S/C23H24O4/c1-14-15(2)22-19(16(3)21(14)26-17(4)24)13-23(5,27-22)20(25)12-11-18-9-7-6-8-10-18/h6-12H,13H2,1-5H3. The molecule has 4 heteroatoms. The van der Waals surface area contributed by atoms with Gasteiger partial charge in [0.2, 0.25) is 0 Å². The lowest BCUT2D eigenvalue weighted by Crippen LogP contribution is -2.39. The quantitative estimate of drug-likeness (QED) is 0.455. The SMILES string of the molecule is CC(=O)Oc1c(C)c(C)c2c(c1C)CC(C)(C(=O)C=Cc1ccccc1)O2. The van der Waals surface area contributed by atoms with Crippen LogP contribution >= 0.6 is 0 Å². The van der Waals surface area contributed by atoms with Gasteiger partial charge in [0, 0.05) is 18.9 Å². The number of esters is 1. The van der Waals surface area contributed by atoms with Crippen LogP contribution in [0.25, 0.3) is 6.08 Å². The largest absolute Gasteiger partial charge is 0.478 e. The molecule has 0 bridgehead atoms. The maximum absolute atomic E-state index is 12.9. The molecule has 1 aliphatic rings. The topological polar surface area (TPSA) is 52.6 Å². The number of carbonyl (C=O) groups is 2. The van der Waals surface area contributed by atoms with Gasteiger partial charge in [0.1, 0.15) is 11.5 Å². The van der Waals surface area contributed by atoms with Crippen LogP contribution in [0.15, 0.2) is 36.4 Å². The molecular formula is C23H24O4. The molecule has 1 unspecified atom stereocenters. The Bertz CT molecular complexity index is 941. The van der Waals surface area contributed by atoms with Crippen molar-refractivity contribution >= 4 is 17.8 Å². The molecule has 4 nitrogen and oxygen atoms in total. The molecule has 0 saturated heterocycles. The van der Waals surface area contributed by atoms with E-state index < -0.39 is 5.60 Å². The lowest BCUT2D eigenvalue weighted by molar-refractivity contribution is -0.132. The van der Waals surface area contributed by atoms with E-state index in [1.807, 2.05) is 58.0 Å². The number of fused-ring (bicyclic) bond motifs is 1. The minimum atomic E-state index is -0.968. The van der Waals surface area contributed by atoms with Crippen molar-refractivity contribution in [2.75, 3.05) is 0 Å². The van der Waals surface area contributed by atoms with Crippen molar-refractivity contribution in [2.45, 2.75) is 46.6 Å². The van der Waals surface area contributed by atoms with Crippen molar-refractivity contribution < 1.29 is 19.1 Å². The van der Waals surface area contributed by atoms with Gasteiger partial charge in [0.15, 0.2) is 11.4 Å². The fraction of sp³-hybridized carbons (Fsp3) is 0.304. The van der Waals surface area contributed by atoms with Gasteiger partial charge in [-0.1, -0.05) is 36.4 Å². The molecule has 0 aliphatic carbocycles. The van der Waals surface area contributed by atoms with E-state index in [-0.39, 0.29) is 11.8 Å². The van der Waals surface area contributed by atoms with Crippen molar-refractivity contribution in [3.8, 4) is 11.5 Å². The Hall–Kier alpha value is -2.88. The summed E-state index contributed by atoms with van der Waals surface area (Å²) < 4.78 is 11.6. The van der Waals surface area contributed by atoms with Crippen LogP contribution in [0.2, 0.25) is 0 Å². The maximum atomic E-state index is 12.9. The third-order valence-corrected chi connectivity index (χ3v) is 5.15. The predicted molar refractivity (Wildman–Crippen MR) is 105 cm³/mol. The zero-order valence-corrected chi connectivity index (χ0v) is 16.4. The Balaban J connectivity index is 1.93. The highest BCUT2D eigenvalue weighted by Gasteiger charge is 2.43. The van der Waals surface area contributed by atoms with Crippen molar-refractivity contribution in [3.05, 3.63) is 64.2 Å². The van der Waals surface area contributed by atoms with Gasteiger partial charge < -0.3 is 9.47 Å². The maximum Gasteiger partial charge on any atom is 0.308 e. The molecule has 2 aromatic carbocycles. The van der Waals surface area contributed by atoms with Gasteiger partial charge >= 0.3 is 5.97 Å². The van der Waals surface area contributed by atoms with Crippen LogP contribution in [0.4, 0.5) is 0 Å². The van der Waals surface area contributed by atoms with Gasteiger partial charge in [-0.2, -0.15) is 0 Å². The van der Waals surface area contributed by atoms with E-state index in [0.717, 1.165) is 33.6 Å². The Morgan fingerprint density at radius 3 is 2.37 bits per heavy atom. The summed E-state index contributed by atoms with van der Waals surface area (Å²) in [6.07, 6.45) is 3.82. The number of rotatable bonds is 4. The zero-order valence-electron chi connectivity index (χ0n) is 16.4. The fourth-order valence-electron chi connectivity index (χ4n) is 3.45. The molecule has 0 aromatic heterocycles. The molecule has 2 aromatic rings. The van der Waals surface area contributed by atoms with Crippen molar-refractivity contribution in [3.63, 3.8) is 0 Å². The van der Waals surface area contributed by atoms with Crippen LogP contribution in [0.5, 0.6) is 11.5 Å². The van der Waals surface area contributed by atoms with Crippen LogP contribution in [-0.2, 0) is 16.0 Å². The Morgan fingerprint density at radius 1 is 1.07 bits per heavy atom. The van der Waals surface area contributed by atoms with E-state index in [1.165, 1.54) is 6.92 Å². The fourth-order valence-corrected chi connectivity index (χ4v) is 3.45. The number of carbonyl (C=O) groups excluding carboxylic acids is 2. The average molecular weight is 364 g/mol. The minimum Gasteiger partial charge on any atom is -0.478 e. The molecule has 0 spiro atoms. The molecule has 27 heavy (non-hydrogen) atoms. The highest BCUT2D eigenvalue weighted by atomic mass is 16.5. The Morgan fingerprint density at radius 2 is 1.74 bits per heavy atom. The number of benzene rings is 2. The molecule has 0 fully saturated rings. The average Bonchev–Trinajstić information content (AvgIpc) is 3.01. The summed E-state index contributed by atoms with van der Waals surface area (Å²) in [5.74, 6) is 0.848. The van der Waals surface area contributed by atoms with Crippen molar-refractivity contribution in [1.82, 2.24) is 0 Å². The van der Waals surface area contributed by atoms with Gasteiger partial charge in [-0.3, -0.25) is 9.59 Å². The van der Waals surface area contributed by atoms with Gasteiger partial charge in [0.25, 0.3) is 0 Å². The number of hydrogen-bond acceptors (Lipinski definition) is 4. The third-order valence-electron chi connectivity index (χ3n) is 5.15. The second-order valence-corrected chi connectivity index (χ2v) is 7.22. The summed E-state index contributed by atoms with van der Waals surface area (Å²) in [7, 11) is 0. The molecule has 0 N–H and O–H groups in total. The lowest BCUT2D eigenvalue weighted by Gasteiger charge is -2.21. The second-order valence-electron chi connectivity index (χ2n) is 7.22. The highest BCUT2D eigenvalue weighted by Crippen LogP contribution is 2.45. The van der Waals surface area contributed by atoms with E-state index in [1.54, 1.807) is 12.2 Å². The van der Waals surface area contributed by atoms with Gasteiger partial charge in [0.05, 0.1) is 0 Å². The first-order valence-corrected chi connectivity index (χ1v) is 9.00. The van der Waals surface area contributed by atoms with Crippen molar-refractivity contribution in [1.29, 1.82) is 0 Å². The summed E-state index contributed by atoms with van der Waals surface area (Å²) in [6.45, 7) is 8.93. The molecule has 3 rings (SSSR count). The van der Waals surface area contributed by atoms with E-state index in [9.17, 15) is 9.59 Å². The summed E-state index contributed by atoms with van der Waals surface area (Å²) in [6, 6.07) is 9.68. The van der Waals surface area contributed by atoms with E-state index >= 15 is 0 Å². The highest BCUT2D eigenvalue weighted by molar-refractivity contribution is 6.01. The van der Waals surface area contributed by atoms with Crippen LogP contribution in [-0.4, -0.2) is 17.4 Å². The molecule has 1 heterocycles. The van der Waals surface area contributed by atoms with Crippen LogP contribution in [0, 0.1) is 20.8 Å². The monoisotopic (exact) mass is 364 g/mol. The normalized spacial score (nSPS) is 18.3.